The lowest BCUT2D eigenvalue weighted by molar-refractivity contribution is 0.0868. The van der Waals surface area contributed by atoms with Crippen LogP contribution in [-0.4, -0.2) is 32.9 Å². The number of aliphatic hydroxyl groups is 1. The maximum absolute atomic E-state index is 12.1. The van der Waals surface area contributed by atoms with E-state index in [1.165, 1.54) is 0 Å². The largest absolute Gasteiger partial charge is 0.394 e. The number of carbonyl (C=O) groups excluding carboxylic acids is 1. The summed E-state index contributed by atoms with van der Waals surface area (Å²) in [7, 11) is 0. The van der Waals surface area contributed by atoms with E-state index in [1.807, 2.05) is 11.6 Å². The van der Waals surface area contributed by atoms with Gasteiger partial charge in [-0.1, -0.05) is 13.8 Å². The number of carbonyl (C=O) groups is 1. The Bertz CT molecular complexity index is 436. The topological polar surface area (TPSA) is 67.2 Å². The molecule has 1 rings (SSSR count). The van der Waals surface area contributed by atoms with E-state index in [4.69, 9.17) is 0 Å². The third-order valence-electron chi connectivity index (χ3n) is 3.11. The van der Waals surface area contributed by atoms with E-state index < -0.39 is 5.54 Å². The van der Waals surface area contributed by atoms with Crippen molar-refractivity contribution in [1.82, 2.24) is 15.1 Å². The van der Waals surface area contributed by atoms with Crippen molar-refractivity contribution in [3.8, 4) is 0 Å². The first-order chi connectivity index (χ1) is 8.76. The normalized spacial score (nSPS) is 11.9. The third-order valence-corrected chi connectivity index (χ3v) is 3.11. The summed E-state index contributed by atoms with van der Waals surface area (Å²) >= 11 is 0. The molecule has 1 heterocycles. The van der Waals surface area contributed by atoms with Gasteiger partial charge in [-0.15, -0.1) is 0 Å². The first kappa shape index (κ1) is 15.7. The number of nitrogens with one attached hydrogen (secondary N) is 1. The van der Waals surface area contributed by atoms with Gasteiger partial charge in [0, 0.05) is 12.2 Å². The lowest BCUT2D eigenvalue weighted by atomic mass is 10.1. The zero-order chi connectivity index (χ0) is 14.6. The average Bonchev–Trinajstić information content (AvgIpc) is 2.67. The first-order valence-corrected chi connectivity index (χ1v) is 6.72. The molecule has 1 aromatic heterocycles. The van der Waals surface area contributed by atoms with Crippen LogP contribution in [0.5, 0.6) is 0 Å². The molecule has 0 radical (unpaired) electrons. The molecule has 0 bridgehead atoms. The van der Waals surface area contributed by atoms with E-state index >= 15 is 0 Å². The minimum absolute atomic E-state index is 0.0979. The molecule has 0 aliphatic heterocycles. The molecule has 19 heavy (non-hydrogen) atoms. The maximum Gasteiger partial charge on any atom is 0.255 e. The first-order valence-electron chi connectivity index (χ1n) is 6.72. The van der Waals surface area contributed by atoms with Crippen LogP contribution >= 0.6 is 0 Å². The Morgan fingerprint density at radius 3 is 2.68 bits per heavy atom. The summed E-state index contributed by atoms with van der Waals surface area (Å²) in [5.74, 6) is 0.418. The average molecular weight is 267 g/mol. The van der Waals surface area contributed by atoms with Crippen molar-refractivity contribution < 1.29 is 9.90 Å². The second-order valence-corrected chi connectivity index (χ2v) is 6.05. The molecular formula is C14H25N3O2. The van der Waals surface area contributed by atoms with Gasteiger partial charge in [-0.25, -0.2) is 0 Å². The summed E-state index contributed by atoms with van der Waals surface area (Å²) in [6.07, 6.45) is 2.63. The molecule has 0 saturated carbocycles. The molecule has 0 saturated heterocycles. The van der Waals surface area contributed by atoms with Crippen LogP contribution in [0.3, 0.4) is 0 Å². The molecule has 1 aromatic rings. The Hall–Kier alpha value is -1.36. The highest BCUT2D eigenvalue weighted by Gasteiger charge is 2.22. The number of hydrogen-bond acceptors (Lipinski definition) is 3. The minimum atomic E-state index is -0.621. The molecule has 0 fully saturated rings. The van der Waals surface area contributed by atoms with Gasteiger partial charge in [-0.05, 0) is 33.1 Å². The van der Waals surface area contributed by atoms with Crippen LogP contribution in [-0.2, 0) is 6.54 Å². The molecule has 1 amide bonds. The fourth-order valence-corrected chi connectivity index (χ4v) is 1.69. The van der Waals surface area contributed by atoms with Gasteiger partial charge in [0.1, 0.15) is 0 Å². The van der Waals surface area contributed by atoms with Crippen molar-refractivity contribution in [2.24, 2.45) is 5.92 Å². The third kappa shape index (κ3) is 4.35. The van der Waals surface area contributed by atoms with E-state index in [0.717, 1.165) is 18.7 Å². The molecule has 5 nitrogen and oxygen atoms in total. The van der Waals surface area contributed by atoms with Crippen molar-refractivity contribution in [2.75, 3.05) is 6.61 Å². The minimum Gasteiger partial charge on any atom is -0.394 e. The van der Waals surface area contributed by atoms with Gasteiger partial charge in [0.25, 0.3) is 5.91 Å². The van der Waals surface area contributed by atoms with Crippen molar-refractivity contribution in [3.63, 3.8) is 0 Å². The fourth-order valence-electron chi connectivity index (χ4n) is 1.69. The van der Waals surface area contributed by atoms with E-state index in [0.29, 0.717) is 11.5 Å². The number of amides is 1. The highest BCUT2D eigenvalue weighted by atomic mass is 16.3. The van der Waals surface area contributed by atoms with E-state index in [-0.39, 0.29) is 12.5 Å². The van der Waals surface area contributed by atoms with E-state index in [1.54, 1.807) is 20.0 Å². The predicted molar refractivity (Wildman–Crippen MR) is 75.1 cm³/mol. The summed E-state index contributed by atoms with van der Waals surface area (Å²) in [6, 6.07) is 0. The summed E-state index contributed by atoms with van der Waals surface area (Å²) in [5.41, 5.74) is 0.820. The van der Waals surface area contributed by atoms with Gasteiger partial charge in [0.15, 0.2) is 0 Å². The van der Waals surface area contributed by atoms with Gasteiger partial charge < -0.3 is 10.4 Å². The molecule has 108 valence electrons. The highest BCUT2D eigenvalue weighted by Crippen LogP contribution is 2.11. The fraction of sp³-hybridized carbons (Fsp3) is 0.714. The number of aliphatic hydroxyl groups excluding tert-OH is 1. The van der Waals surface area contributed by atoms with Crippen LogP contribution in [0.4, 0.5) is 0 Å². The standard InChI is InChI=1S/C14H25N3O2/c1-10(2)6-7-17-11(3)12(8-15-17)13(19)16-14(4,5)9-18/h8,10,18H,6-7,9H2,1-5H3,(H,16,19). The molecule has 0 atom stereocenters. The van der Waals surface area contributed by atoms with Crippen LogP contribution in [0.1, 0.15) is 50.2 Å². The Morgan fingerprint density at radius 1 is 1.53 bits per heavy atom. The second-order valence-electron chi connectivity index (χ2n) is 6.05. The summed E-state index contributed by atoms with van der Waals surface area (Å²) < 4.78 is 1.86. The van der Waals surface area contributed by atoms with Crippen LogP contribution in [0, 0.1) is 12.8 Å². The lowest BCUT2D eigenvalue weighted by Gasteiger charge is -2.23. The monoisotopic (exact) mass is 267 g/mol. The number of nitrogens with zero attached hydrogens (tertiary/aromatic N) is 2. The number of aromatic nitrogens is 2. The van der Waals surface area contributed by atoms with Gasteiger partial charge in [0.2, 0.25) is 0 Å². The van der Waals surface area contributed by atoms with Gasteiger partial charge in [-0.2, -0.15) is 5.10 Å². The number of hydrogen-bond donors (Lipinski definition) is 2. The highest BCUT2D eigenvalue weighted by molar-refractivity contribution is 5.95. The Kier molecular flexibility index (Phi) is 5.11. The molecule has 2 N–H and O–H groups in total. The lowest BCUT2D eigenvalue weighted by Crippen LogP contribution is -2.46. The molecule has 0 aromatic carbocycles. The van der Waals surface area contributed by atoms with Crippen molar-refractivity contribution in [1.29, 1.82) is 0 Å². The zero-order valence-corrected chi connectivity index (χ0v) is 12.5. The predicted octanol–water partition coefficient (Wildman–Crippen LogP) is 1.74. The summed E-state index contributed by atoms with van der Waals surface area (Å²) in [5, 5.41) is 16.2. The molecule has 0 spiro atoms. The number of rotatable bonds is 6. The molecular weight excluding hydrogens is 242 g/mol. The van der Waals surface area contributed by atoms with Crippen molar-refractivity contribution in [3.05, 3.63) is 17.5 Å². The SMILES string of the molecule is Cc1c(C(=O)NC(C)(C)CO)cnn1CCC(C)C. The molecule has 5 heteroatoms. The van der Waals surface area contributed by atoms with Crippen molar-refractivity contribution in [2.45, 2.75) is 53.1 Å². The summed E-state index contributed by atoms with van der Waals surface area (Å²) in [6.45, 7) is 10.5. The Labute approximate surface area is 115 Å². The zero-order valence-electron chi connectivity index (χ0n) is 12.5. The van der Waals surface area contributed by atoms with Crippen LogP contribution in [0.2, 0.25) is 0 Å². The maximum atomic E-state index is 12.1. The van der Waals surface area contributed by atoms with Gasteiger partial charge >= 0.3 is 0 Å². The molecule has 0 unspecified atom stereocenters. The van der Waals surface area contributed by atoms with Crippen LogP contribution in [0.15, 0.2) is 6.20 Å². The quantitative estimate of drug-likeness (QED) is 0.825. The van der Waals surface area contributed by atoms with Gasteiger partial charge in [-0.3, -0.25) is 9.48 Å². The molecule has 0 aliphatic rings. The Balaban J connectivity index is 2.77. The van der Waals surface area contributed by atoms with Crippen LogP contribution < -0.4 is 5.32 Å². The summed E-state index contributed by atoms with van der Waals surface area (Å²) in [4.78, 5) is 12.1. The Morgan fingerprint density at radius 2 is 2.16 bits per heavy atom. The van der Waals surface area contributed by atoms with E-state index in [9.17, 15) is 9.90 Å². The number of aryl methyl sites for hydroxylation is 1. The molecule has 0 aliphatic carbocycles. The van der Waals surface area contributed by atoms with Crippen LogP contribution in [0.25, 0.3) is 0 Å². The smallest absolute Gasteiger partial charge is 0.255 e. The van der Waals surface area contributed by atoms with Crippen molar-refractivity contribution >= 4 is 5.91 Å². The van der Waals surface area contributed by atoms with E-state index in [2.05, 4.69) is 24.3 Å². The van der Waals surface area contributed by atoms with Gasteiger partial charge in [0.05, 0.1) is 23.9 Å². The second kappa shape index (κ2) is 6.19.